The second-order valence-corrected chi connectivity index (χ2v) is 6.79. The number of hydrogen-bond donors (Lipinski definition) is 2. The smallest absolute Gasteiger partial charge is 0.316 e. The maximum absolute atomic E-state index is 11.5. The minimum Gasteiger partial charge on any atom is -0.493 e. The number of carbonyl (C=O) groups is 1. The number of rotatable bonds is 10. The third-order valence-corrected chi connectivity index (χ3v) is 5.12. The first-order valence-electron chi connectivity index (χ1n) is 8.73. The molecule has 0 aliphatic heterocycles. The Morgan fingerprint density at radius 3 is 2.35 bits per heavy atom. The molecule has 2 atom stereocenters. The van der Waals surface area contributed by atoms with Crippen LogP contribution in [0.15, 0.2) is 48.5 Å². The average molecular weight is 375 g/mol. The Morgan fingerprint density at radius 1 is 1.04 bits per heavy atom. The van der Waals surface area contributed by atoms with Crippen molar-refractivity contribution in [3.63, 3.8) is 0 Å². The van der Waals surface area contributed by atoms with Gasteiger partial charge in [0, 0.05) is 5.92 Å². The quantitative estimate of drug-likeness (QED) is 0.472. The van der Waals surface area contributed by atoms with E-state index < -0.39 is 11.2 Å². The van der Waals surface area contributed by atoms with Crippen LogP contribution in [-0.4, -0.2) is 30.5 Å². The second-order valence-electron chi connectivity index (χ2n) is 6.24. The number of methoxy groups -OCH3 is 2. The van der Waals surface area contributed by atoms with Crippen LogP contribution in [0.5, 0.6) is 11.5 Å². The lowest BCUT2D eigenvalue weighted by molar-refractivity contribution is -0.136. The first-order chi connectivity index (χ1) is 12.6. The van der Waals surface area contributed by atoms with E-state index in [0.29, 0.717) is 11.5 Å². The normalized spacial score (nSPS) is 13.0. The molecule has 0 spiro atoms. The van der Waals surface area contributed by atoms with E-state index in [1.54, 1.807) is 14.2 Å². The first kappa shape index (κ1) is 20.2. The largest absolute Gasteiger partial charge is 0.493 e. The van der Waals surface area contributed by atoms with Gasteiger partial charge < -0.3 is 14.6 Å². The summed E-state index contributed by atoms with van der Waals surface area (Å²) in [7, 11) is 3.16. The van der Waals surface area contributed by atoms with Crippen molar-refractivity contribution < 1.29 is 19.4 Å². The van der Waals surface area contributed by atoms with Gasteiger partial charge in [-0.15, -0.1) is 0 Å². The minimum absolute atomic E-state index is 0.189. The average Bonchev–Trinajstić information content (AvgIpc) is 2.67. The van der Waals surface area contributed by atoms with Gasteiger partial charge in [-0.25, -0.2) is 0 Å². The lowest BCUT2D eigenvalue weighted by Crippen LogP contribution is -2.23. The molecule has 0 aromatic heterocycles. The number of hydrogen-bond acceptors (Lipinski definition) is 4. The van der Waals surface area contributed by atoms with Gasteiger partial charge in [0.05, 0.1) is 14.2 Å². The summed E-state index contributed by atoms with van der Waals surface area (Å²) in [6.07, 6.45) is 3.68. The number of carboxylic acids is 1. The molecule has 5 heteroatoms. The molecule has 0 saturated carbocycles. The third-order valence-electron chi connectivity index (χ3n) is 4.54. The van der Waals surface area contributed by atoms with Crippen LogP contribution in [0.25, 0.3) is 0 Å². The van der Waals surface area contributed by atoms with Crippen LogP contribution in [0.2, 0.25) is 0 Å². The molecule has 2 aromatic carbocycles. The Morgan fingerprint density at radius 2 is 1.73 bits per heavy atom. The van der Waals surface area contributed by atoms with Gasteiger partial charge in [-0.05, 0) is 42.5 Å². The molecule has 26 heavy (non-hydrogen) atoms. The number of thiol groups is 1. The van der Waals surface area contributed by atoms with Crippen molar-refractivity contribution in [2.75, 3.05) is 14.2 Å². The summed E-state index contributed by atoms with van der Waals surface area (Å²) >= 11 is 4.34. The molecule has 2 aromatic rings. The highest BCUT2D eigenvalue weighted by Gasteiger charge is 2.26. The van der Waals surface area contributed by atoms with Crippen molar-refractivity contribution in [2.24, 2.45) is 0 Å². The monoisotopic (exact) mass is 374 g/mol. The van der Waals surface area contributed by atoms with Crippen LogP contribution in [0.1, 0.15) is 36.3 Å². The van der Waals surface area contributed by atoms with Crippen LogP contribution < -0.4 is 9.47 Å². The highest BCUT2D eigenvalue weighted by Crippen LogP contribution is 2.35. The topological polar surface area (TPSA) is 55.8 Å². The molecule has 0 fully saturated rings. The van der Waals surface area contributed by atoms with E-state index in [9.17, 15) is 9.90 Å². The molecule has 0 aliphatic rings. The van der Waals surface area contributed by atoms with Gasteiger partial charge in [-0.1, -0.05) is 42.8 Å². The molecule has 0 bridgehead atoms. The van der Waals surface area contributed by atoms with Gasteiger partial charge >= 0.3 is 5.97 Å². The predicted octanol–water partition coefficient (Wildman–Crippen LogP) is 4.58. The summed E-state index contributed by atoms with van der Waals surface area (Å²) in [5, 5.41) is 8.68. The molecule has 0 amide bonds. The van der Waals surface area contributed by atoms with Crippen LogP contribution in [0.3, 0.4) is 0 Å². The zero-order chi connectivity index (χ0) is 18.9. The lowest BCUT2D eigenvalue weighted by Gasteiger charge is -2.22. The van der Waals surface area contributed by atoms with E-state index in [-0.39, 0.29) is 5.92 Å². The summed E-state index contributed by atoms with van der Waals surface area (Å²) in [5.74, 6) is 0.137. The summed E-state index contributed by atoms with van der Waals surface area (Å²) in [4.78, 5) is 11.5. The highest BCUT2D eigenvalue weighted by atomic mass is 32.1. The summed E-state index contributed by atoms with van der Waals surface area (Å²) in [6, 6.07) is 15.9. The van der Waals surface area contributed by atoms with E-state index >= 15 is 0 Å². The fourth-order valence-corrected chi connectivity index (χ4v) is 3.42. The Balaban J connectivity index is 2.07. The molecule has 0 aliphatic carbocycles. The van der Waals surface area contributed by atoms with E-state index in [1.165, 1.54) is 5.56 Å². The highest BCUT2D eigenvalue weighted by molar-refractivity contribution is 7.81. The summed E-state index contributed by atoms with van der Waals surface area (Å²) in [5.41, 5.74) is 2.21. The van der Waals surface area contributed by atoms with Gasteiger partial charge in [-0.2, -0.15) is 12.6 Å². The Labute approximate surface area is 160 Å². The van der Waals surface area contributed by atoms with E-state index in [2.05, 4.69) is 24.8 Å². The molecule has 4 nitrogen and oxygen atoms in total. The number of carboxylic acid groups (broad SMARTS) is 1. The van der Waals surface area contributed by atoms with Crippen molar-refractivity contribution in [1.82, 2.24) is 0 Å². The Kier molecular flexibility index (Phi) is 7.85. The number of aliphatic carboxylic acids is 1. The van der Waals surface area contributed by atoms with E-state index in [4.69, 9.17) is 9.47 Å². The summed E-state index contributed by atoms with van der Waals surface area (Å²) < 4.78 is 10.6. The fourth-order valence-electron chi connectivity index (χ4n) is 3.10. The zero-order valence-corrected chi connectivity index (χ0v) is 16.1. The number of ether oxygens (including phenoxy) is 2. The van der Waals surface area contributed by atoms with E-state index in [1.807, 2.05) is 36.4 Å². The van der Waals surface area contributed by atoms with Crippen molar-refractivity contribution in [3.05, 3.63) is 59.7 Å². The van der Waals surface area contributed by atoms with E-state index in [0.717, 1.165) is 31.2 Å². The van der Waals surface area contributed by atoms with Gasteiger partial charge in [0.1, 0.15) is 5.25 Å². The lowest BCUT2D eigenvalue weighted by atomic mass is 9.89. The zero-order valence-electron chi connectivity index (χ0n) is 15.2. The van der Waals surface area contributed by atoms with Crippen molar-refractivity contribution in [1.29, 1.82) is 0 Å². The number of unbranched alkanes of at least 4 members (excludes halogenated alkanes) is 1. The summed E-state index contributed by atoms with van der Waals surface area (Å²) in [6.45, 7) is 0. The molecular weight excluding hydrogens is 348 g/mol. The fraction of sp³-hybridized carbons (Fsp3) is 0.381. The molecule has 0 saturated heterocycles. The van der Waals surface area contributed by atoms with Crippen molar-refractivity contribution in [3.8, 4) is 11.5 Å². The molecule has 2 unspecified atom stereocenters. The Bertz CT molecular complexity index is 702. The standard InChI is InChI=1S/C21H26O4S/c1-24-18-13-12-16(14-19(18)25-2)17(20(26)21(22)23)11-7-6-10-15-8-4-3-5-9-15/h3-5,8-9,12-14,17,20,26H,6-7,10-11H2,1-2H3,(H,22,23). The third kappa shape index (κ3) is 5.43. The number of aryl methyl sites for hydroxylation is 1. The maximum Gasteiger partial charge on any atom is 0.316 e. The van der Waals surface area contributed by atoms with Gasteiger partial charge in [0.15, 0.2) is 11.5 Å². The molecule has 1 N–H and O–H groups in total. The van der Waals surface area contributed by atoms with Gasteiger partial charge in [-0.3, -0.25) is 4.79 Å². The molecule has 0 radical (unpaired) electrons. The Hall–Kier alpha value is -2.14. The van der Waals surface area contributed by atoms with Crippen LogP contribution >= 0.6 is 12.6 Å². The SMILES string of the molecule is COc1ccc(C(CCCCc2ccccc2)C(S)C(=O)O)cc1OC. The second kappa shape index (κ2) is 10.1. The molecule has 2 rings (SSSR count). The maximum atomic E-state index is 11.5. The number of benzene rings is 2. The van der Waals surface area contributed by atoms with Gasteiger partial charge in [0.25, 0.3) is 0 Å². The van der Waals surface area contributed by atoms with Crippen molar-refractivity contribution in [2.45, 2.75) is 36.9 Å². The predicted molar refractivity (Wildman–Crippen MR) is 107 cm³/mol. The molecule has 0 heterocycles. The first-order valence-corrected chi connectivity index (χ1v) is 9.25. The van der Waals surface area contributed by atoms with Crippen molar-refractivity contribution >= 4 is 18.6 Å². The van der Waals surface area contributed by atoms with Gasteiger partial charge in [0.2, 0.25) is 0 Å². The van der Waals surface area contributed by atoms with Crippen LogP contribution in [0.4, 0.5) is 0 Å². The minimum atomic E-state index is -0.906. The molecular formula is C21H26O4S. The van der Waals surface area contributed by atoms with Crippen LogP contribution in [0, 0.1) is 0 Å². The van der Waals surface area contributed by atoms with Crippen LogP contribution in [-0.2, 0) is 11.2 Å². The molecule has 140 valence electrons.